The number of fused-ring (bicyclic) bond motifs is 2. The van der Waals surface area contributed by atoms with Crippen LogP contribution < -0.4 is 4.78 Å². The SMILES string of the molecule is COC(=O)Cc1cc2cc3sc(B4OC(C)(C)C(C)(C)O4)cc3cc2s1. The first-order valence-corrected chi connectivity index (χ1v) is 10.2. The van der Waals surface area contributed by atoms with E-state index >= 15 is 0 Å². The molecule has 0 unspecified atom stereocenters. The van der Waals surface area contributed by atoms with Crippen LogP contribution in [0.4, 0.5) is 0 Å². The van der Waals surface area contributed by atoms with Gasteiger partial charge in [0.25, 0.3) is 0 Å². The van der Waals surface area contributed by atoms with Gasteiger partial charge in [-0.1, -0.05) is 0 Å². The molecule has 0 atom stereocenters. The summed E-state index contributed by atoms with van der Waals surface area (Å²) in [5.74, 6) is -0.207. The second-order valence-corrected chi connectivity index (χ2v) is 9.91. The molecule has 0 N–H and O–H groups in total. The number of ether oxygens (including phenoxy) is 1. The molecule has 136 valence electrons. The highest BCUT2D eigenvalue weighted by molar-refractivity contribution is 7.28. The van der Waals surface area contributed by atoms with Gasteiger partial charge in [0.05, 0.1) is 24.7 Å². The lowest BCUT2D eigenvalue weighted by Crippen LogP contribution is -2.41. The van der Waals surface area contributed by atoms with Crippen LogP contribution in [-0.2, 0) is 25.3 Å². The average Bonchev–Trinajstić information content (AvgIpc) is 3.18. The lowest BCUT2D eigenvalue weighted by atomic mass is 9.87. The predicted octanol–water partition coefficient (Wildman–Crippen LogP) is 4.13. The van der Waals surface area contributed by atoms with E-state index in [1.807, 2.05) is 0 Å². The van der Waals surface area contributed by atoms with Gasteiger partial charge >= 0.3 is 13.1 Å². The van der Waals surface area contributed by atoms with Gasteiger partial charge in [-0.05, 0) is 62.7 Å². The van der Waals surface area contributed by atoms with Crippen molar-refractivity contribution in [3.8, 4) is 0 Å². The molecule has 1 aromatic carbocycles. The number of methoxy groups -OCH3 is 1. The fourth-order valence-electron chi connectivity index (χ4n) is 3.02. The normalized spacial score (nSPS) is 18.7. The van der Waals surface area contributed by atoms with Gasteiger partial charge in [0, 0.05) is 19.1 Å². The molecule has 2 aromatic heterocycles. The molecule has 0 saturated carbocycles. The Morgan fingerprint density at radius 2 is 1.58 bits per heavy atom. The van der Waals surface area contributed by atoms with E-state index in [1.54, 1.807) is 22.7 Å². The summed E-state index contributed by atoms with van der Waals surface area (Å²) in [6.45, 7) is 8.27. The van der Waals surface area contributed by atoms with Gasteiger partial charge in [-0.3, -0.25) is 4.79 Å². The molecule has 1 aliphatic rings. The summed E-state index contributed by atoms with van der Waals surface area (Å²) in [5.41, 5.74) is -0.673. The summed E-state index contributed by atoms with van der Waals surface area (Å²) in [5, 5.41) is 2.34. The van der Waals surface area contributed by atoms with E-state index in [1.165, 1.54) is 21.9 Å². The van der Waals surface area contributed by atoms with Crippen molar-refractivity contribution in [3.05, 3.63) is 29.1 Å². The molecule has 0 radical (unpaired) electrons. The summed E-state index contributed by atoms with van der Waals surface area (Å²) in [7, 11) is 1.09. The number of benzene rings is 1. The highest BCUT2D eigenvalue weighted by Crippen LogP contribution is 2.38. The van der Waals surface area contributed by atoms with Crippen LogP contribution in [0.1, 0.15) is 32.6 Å². The maximum Gasteiger partial charge on any atom is 0.505 e. The Morgan fingerprint density at radius 3 is 2.19 bits per heavy atom. The van der Waals surface area contributed by atoms with Crippen molar-refractivity contribution in [2.45, 2.75) is 45.3 Å². The summed E-state index contributed by atoms with van der Waals surface area (Å²) in [6.07, 6.45) is 0.322. The number of rotatable bonds is 3. The van der Waals surface area contributed by atoms with Crippen LogP contribution in [0.15, 0.2) is 24.3 Å². The van der Waals surface area contributed by atoms with Crippen LogP contribution in [0.25, 0.3) is 20.2 Å². The molecule has 0 spiro atoms. The van der Waals surface area contributed by atoms with Gasteiger partial charge in [0.2, 0.25) is 0 Å². The van der Waals surface area contributed by atoms with E-state index in [2.05, 4.69) is 52.0 Å². The minimum atomic E-state index is -0.336. The Hall–Kier alpha value is -1.41. The van der Waals surface area contributed by atoms with Crippen LogP contribution in [-0.4, -0.2) is 31.4 Å². The van der Waals surface area contributed by atoms with Crippen molar-refractivity contribution in [3.63, 3.8) is 0 Å². The largest absolute Gasteiger partial charge is 0.505 e. The quantitative estimate of drug-likeness (QED) is 0.500. The Kier molecular flexibility index (Phi) is 4.19. The maximum atomic E-state index is 11.5. The molecule has 0 aliphatic carbocycles. The van der Waals surface area contributed by atoms with E-state index in [-0.39, 0.29) is 24.3 Å². The highest BCUT2D eigenvalue weighted by Gasteiger charge is 2.52. The van der Waals surface area contributed by atoms with E-state index in [9.17, 15) is 4.79 Å². The third kappa shape index (κ3) is 2.97. The molecule has 4 rings (SSSR count). The third-order valence-corrected chi connectivity index (χ3v) is 7.47. The fraction of sp³-hybridized carbons (Fsp3) is 0.421. The number of esters is 1. The lowest BCUT2D eigenvalue weighted by Gasteiger charge is -2.32. The van der Waals surface area contributed by atoms with Gasteiger partial charge < -0.3 is 14.0 Å². The van der Waals surface area contributed by atoms with Gasteiger partial charge in [-0.25, -0.2) is 0 Å². The van der Waals surface area contributed by atoms with Crippen molar-refractivity contribution >= 4 is 60.7 Å². The molecule has 1 fully saturated rings. The fourth-order valence-corrected chi connectivity index (χ4v) is 5.16. The third-order valence-electron chi connectivity index (χ3n) is 5.26. The Labute approximate surface area is 161 Å². The van der Waals surface area contributed by atoms with Gasteiger partial charge in [0.15, 0.2) is 0 Å². The first-order chi connectivity index (χ1) is 12.2. The molecule has 4 nitrogen and oxygen atoms in total. The van der Waals surface area contributed by atoms with Crippen LogP contribution in [0, 0.1) is 0 Å². The second-order valence-electron chi connectivity index (χ2n) is 7.63. The van der Waals surface area contributed by atoms with E-state index < -0.39 is 0 Å². The van der Waals surface area contributed by atoms with E-state index in [0.717, 1.165) is 15.0 Å². The number of hydrogen-bond acceptors (Lipinski definition) is 6. The number of hydrogen-bond donors (Lipinski definition) is 0. The monoisotopic (exact) mass is 388 g/mol. The number of thiophene rings is 2. The standard InChI is InChI=1S/C19H21BO4S2/c1-18(2)19(3,4)24-20(23-18)16-9-12-8-14-11(7-15(12)26-16)6-13(25-14)10-17(21)22-5/h6-9H,10H2,1-5H3. The highest BCUT2D eigenvalue weighted by atomic mass is 32.1. The summed E-state index contributed by atoms with van der Waals surface area (Å²) in [4.78, 5) is 12.5. The molecule has 0 amide bonds. The summed E-state index contributed by atoms with van der Waals surface area (Å²) >= 11 is 3.34. The molecule has 26 heavy (non-hydrogen) atoms. The molecule has 3 aromatic rings. The zero-order valence-corrected chi connectivity index (χ0v) is 17.2. The molecular formula is C19H21BO4S2. The Balaban J connectivity index is 1.67. The van der Waals surface area contributed by atoms with Gasteiger partial charge in [0.1, 0.15) is 0 Å². The smallest absolute Gasteiger partial charge is 0.469 e. The first kappa shape index (κ1) is 18.0. The minimum Gasteiger partial charge on any atom is -0.469 e. The average molecular weight is 388 g/mol. The van der Waals surface area contributed by atoms with E-state index in [0.29, 0.717) is 6.42 Å². The Bertz CT molecular complexity index is 935. The van der Waals surface area contributed by atoms with Crippen LogP contribution in [0.2, 0.25) is 0 Å². The van der Waals surface area contributed by atoms with Crippen molar-refractivity contribution in [2.75, 3.05) is 7.11 Å². The van der Waals surface area contributed by atoms with Crippen molar-refractivity contribution in [1.82, 2.24) is 0 Å². The van der Waals surface area contributed by atoms with Crippen LogP contribution >= 0.6 is 22.7 Å². The van der Waals surface area contributed by atoms with Crippen molar-refractivity contribution in [2.24, 2.45) is 0 Å². The van der Waals surface area contributed by atoms with E-state index in [4.69, 9.17) is 14.0 Å². The minimum absolute atomic E-state index is 0.207. The Morgan fingerprint density at radius 1 is 1.00 bits per heavy atom. The molecule has 1 saturated heterocycles. The molecule has 0 bridgehead atoms. The second kappa shape index (κ2) is 6.06. The molecule has 1 aliphatic heterocycles. The van der Waals surface area contributed by atoms with Crippen molar-refractivity contribution in [1.29, 1.82) is 0 Å². The first-order valence-electron chi connectivity index (χ1n) is 8.57. The topological polar surface area (TPSA) is 44.8 Å². The number of carbonyl (C=O) groups is 1. The van der Waals surface area contributed by atoms with Crippen LogP contribution in [0.5, 0.6) is 0 Å². The van der Waals surface area contributed by atoms with Gasteiger partial charge in [-0.2, -0.15) is 0 Å². The lowest BCUT2D eigenvalue weighted by molar-refractivity contribution is -0.139. The van der Waals surface area contributed by atoms with Crippen molar-refractivity contribution < 1.29 is 18.8 Å². The number of carbonyl (C=O) groups excluding carboxylic acids is 1. The summed E-state index contributed by atoms with van der Waals surface area (Å²) in [6, 6.07) is 8.59. The zero-order chi connectivity index (χ0) is 18.7. The molecule has 3 heterocycles. The zero-order valence-electron chi connectivity index (χ0n) is 15.5. The molecule has 7 heteroatoms. The molecular weight excluding hydrogens is 367 g/mol. The summed E-state index contributed by atoms with van der Waals surface area (Å²) < 4.78 is 20.6. The maximum absolute atomic E-state index is 11.5. The van der Waals surface area contributed by atoms with Crippen LogP contribution in [0.3, 0.4) is 0 Å². The predicted molar refractivity (Wildman–Crippen MR) is 109 cm³/mol. The van der Waals surface area contributed by atoms with Gasteiger partial charge in [-0.15, -0.1) is 22.7 Å².